The molecular weight excluding hydrogens is 677 g/mol. The Bertz CT molecular complexity index is 1900. The number of aryl methyl sites for hydroxylation is 1. The van der Waals surface area contributed by atoms with Crippen molar-refractivity contribution >= 4 is 46.0 Å². The van der Waals surface area contributed by atoms with Crippen molar-refractivity contribution in [3.8, 4) is 17.2 Å². The summed E-state index contributed by atoms with van der Waals surface area (Å²) in [5, 5.41) is 0. The number of benzene rings is 2. The zero-order valence-corrected chi connectivity index (χ0v) is 28.0. The van der Waals surface area contributed by atoms with Gasteiger partial charge in [-0.05, 0) is 124 Å². The van der Waals surface area contributed by atoms with E-state index in [1.165, 1.54) is 11.3 Å². The lowest BCUT2D eigenvalue weighted by atomic mass is 9.95. The monoisotopic (exact) mass is 711 g/mol. The van der Waals surface area contributed by atoms with Crippen molar-refractivity contribution < 1.29 is 19.0 Å². The number of aromatic nitrogens is 2. The zero-order chi connectivity index (χ0) is 30.8. The number of hydrogen-bond donors (Lipinski definition) is 0. The molecule has 0 radical (unpaired) electrons. The van der Waals surface area contributed by atoms with Crippen molar-refractivity contribution in [3.63, 3.8) is 0 Å². The van der Waals surface area contributed by atoms with Gasteiger partial charge in [0.15, 0.2) is 16.3 Å². The lowest BCUT2D eigenvalue weighted by molar-refractivity contribution is -0.139. The number of carbonyl (C=O) groups excluding carboxylic acids is 1. The largest absolute Gasteiger partial charge is 0.490 e. The Morgan fingerprint density at radius 3 is 2.35 bits per heavy atom. The molecule has 0 unspecified atom stereocenters. The van der Waals surface area contributed by atoms with Crippen molar-refractivity contribution in [3.05, 3.63) is 106 Å². The van der Waals surface area contributed by atoms with Gasteiger partial charge in [0.1, 0.15) is 0 Å². The van der Waals surface area contributed by atoms with E-state index >= 15 is 0 Å². The summed E-state index contributed by atoms with van der Waals surface area (Å²) < 4.78 is 22.6. The van der Waals surface area contributed by atoms with Crippen molar-refractivity contribution in [2.24, 2.45) is 4.99 Å². The smallest absolute Gasteiger partial charge is 0.338 e. The highest BCUT2D eigenvalue weighted by Crippen LogP contribution is 2.36. The molecule has 3 heterocycles. The summed E-state index contributed by atoms with van der Waals surface area (Å²) >= 11 is 3.61. The molecule has 1 atom stereocenters. The molecule has 0 amide bonds. The van der Waals surface area contributed by atoms with Gasteiger partial charge in [0.2, 0.25) is 0 Å². The third kappa shape index (κ3) is 5.95. The number of halogens is 1. The quantitative estimate of drug-likeness (QED) is 0.167. The van der Waals surface area contributed by atoms with Crippen LogP contribution in [0.1, 0.15) is 56.3 Å². The number of thiazole rings is 1. The molecule has 1 aliphatic heterocycles. The molecule has 0 saturated heterocycles. The van der Waals surface area contributed by atoms with Crippen molar-refractivity contribution in [2.45, 2.75) is 47.6 Å². The molecule has 5 rings (SSSR count). The first-order valence-corrected chi connectivity index (χ1v) is 16.1. The second-order valence-corrected chi connectivity index (χ2v) is 12.3. The minimum absolute atomic E-state index is 0.205. The van der Waals surface area contributed by atoms with Crippen LogP contribution in [-0.4, -0.2) is 34.9 Å². The van der Waals surface area contributed by atoms with Gasteiger partial charge in [-0.25, -0.2) is 9.79 Å². The van der Waals surface area contributed by atoms with Gasteiger partial charge in [0.05, 0.1) is 41.7 Å². The molecule has 10 heteroatoms. The fourth-order valence-corrected chi connectivity index (χ4v) is 6.80. The van der Waals surface area contributed by atoms with E-state index in [1.807, 2.05) is 38.1 Å². The van der Waals surface area contributed by atoms with Gasteiger partial charge < -0.3 is 18.8 Å². The SMILES string of the molecule is CCOC(=O)C1=C(C)N=c2s/c(=C\c3cc(C)n(-c4ccc(I)cc4)c3C)c(=O)n2[C@@H]1c1ccc(OCC)c(OCC)c1. The van der Waals surface area contributed by atoms with Crippen LogP contribution in [0.5, 0.6) is 11.5 Å². The summed E-state index contributed by atoms with van der Waals surface area (Å²) in [6.45, 7) is 12.6. The van der Waals surface area contributed by atoms with E-state index in [9.17, 15) is 9.59 Å². The van der Waals surface area contributed by atoms with Gasteiger partial charge in [-0.3, -0.25) is 9.36 Å². The van der Waals surface area contributed by atoms with Crippen LogP contribution >= 0.6 is 33.9 Å². The van der Waals surface area contributed by atoms with Crippen molar-refractivity contribution in [2.75, 3.05) is 19.8 Å². The highest BCUT2D eigenvalue weighted by molar-refractivity contribution is 14.1. The van der Waals surface area contributed by atoms with E-state index < -0.39 is 12.0 Å². The van der Waals surface area contributed by atoms with E-state index in [1.54, 1.807) is 18.4 Å². The maximum Gasteiger partial charge on any atom is 0.338 e. The fraction of sp³-hybridized carbons (Fsp3) is 0.303. The van der Waals surface area contributed by atoms with Crippen molar-refractivity contribution in [1.82, 2.24) is 9.13 Å². The first kappa shape index (κ1) is 30.8. The van der Waals surface area contributed by atoms with Crippen LogP contribution in [0, 0.1) is 17.4 Å². The molecular formula is C33H34IN3O5S. The van der Waals surface area contributed by atoms with Gasteiger partial charge >= 0.3 is 5.97 Å². The molecule has 4 aromatic rings. The molecule has 2 aromatic carbocycles. The molecule has 43 heavy (non-hydrogen) atoms. The Balaban J connectivity index is 1.69. The molecule has 0 spiro atoms. The molecule has 0 aliphatic carbocycles. The highest BCUT2D eigenvalue weighted by atomic mass is 127. The van der Waals surface area contributed by atoms with Gasteiger partial charge in [0, 0.05) is 20.6 Å². The molecule has 2 aromatic heterocycles. The van der Waals surface area contributed by atoms with E-state index in [2.05, 4.69) is 71.3 Å². The molecule has 1 aliphatic rings. The van der Waals surface area contributed by atoms with Crippen LogP contribution in [0.15, 0.2) is 69.6 Å². The number of rotatable bonds is 9. The van der Waals surface area contributed by atoms with Crippen LogP contribution in [0.2, 0.25) is 0 Å². The molecule has 0 bridgehead atoms. The Morgan fingerprint density at radius 2 is 1.67 bits per heavy atom. The Kier molecular flexibility index (Phi) is 9.26. The number of esters is 1. The molecule has 0 fully saturated rings. The van der Waals surface area contributed by atoms with Crippen molar-refractivity contribution in [1.29, 1.82) is 0 Å². The van der Waals surface area contributed by atoms with Crippen LogP contribution in [-0.2, 0) is 9.53 Å². The summed E-state index contributed by atoms with van der Waals surface area (Å²) in [5.41, 5.74) is 5.41. The predicted octanol–water partition coefficient (Wildman–Crippen LogP) is 5.61. The average Bonchev–Trinajstić information content (AvgIpc) is 3.43. The third-order valence-corrected chi connectivity index (χ3v) is 8.94. The standard InChI is InChI=1S/C33H34IN3O5S/c1-7-40-26-15-10-22(17-27(26)41-8-2)30-29(32(39)42-9-3)20(5)35-33-37(30)31(38)28(43-33)18-23-16-19(4)36(21(23)6)25-13-11-24(34)12-14-25/h10-18,30H,7-9H2,1-6H3/b28-18-/t30-/m1/s1. The number of allylic oxidation sites excluding steroid dienone is 1. The maximum atomic E-state index is 14.2. The van der Waals surface area contributed by atoms with Gasteiger partial charge in [-0.15, -0.1) is 0 Å². The maximum absolute atomic E-state index is 14.2. The number of carbonyl (C=O) groups is 1. The van der Waals surface area contributed by atoms with E-state index in [0.717, 1.165) is 26.2 Å². The van der Waals surface area contributed by atoms with Gasteiger partial charge in [-0.2, -0.15) is 0 Å². The Hall–Kier alpha value is -3.64. The summed E-state index contributed by atoms with van der Waals surface area (Å²) in [4.78, 5) is 32.7. The third-order valence-electron chi connectivity index (χ3n) is 7.24. The number of hydrogen-bond acceptors (Lipinski definition) is 7. The first-order chi connectivity index (χ1) is 20.7. The lowest BCUT2D eigenvalue weighted by Gasteiger charge is -2.25. The van der Waals surface area contributed by atoms with E-state index in [0.29, 0.717) is 50.9 Å². The molecule has 224 valence electrons. The van der Waals surface area contributed by atoms with Crippen LogP contribution in [0.4, 0.5) is 0 Å². The lowest BCUT2D eigenvalue weighted by Crippen LogP contribution is -2.40. The summed E-state index contributed by atoms with van der Waals surface area (Å²) in [6.07, 6.45) is 1.92. The molecule has 0 N–H and O–H groups in total. The first-order valence-electron chi connectivity index (χ1n) is 14.2. The van der Waals surface area contributed by atoms with Crippen LogP contribution in [0.3, 0.4) is 0 Å². The van der Waals surface area contributed by atoms with Crippen LogP contribution < -0.4 is 24.4 Å². The highest BCUT2D eigenvalue weighted by Gasteiger charge is 2.34. The average molecular weight is 712 g/mol. The minimum atomic E-state index is -0.744. The topological polar surface area (TPSA) is 84.1 Å². The number of ether oxygens (including phenoxy) is 3. The normalized spacial score (nSPS) is 14.9. The summed E-state index contributed by atoms with van der Waals surface area (Å²) in [7, 11) is 0. The second kappa shape index (κ2) is 12.9. The Morgan fingerprint density at radius 1 is 0.977 bits per heavy atom. The van der Waals surface area contributed by atoms with Crippen LogP contribution in [0.25, 0.3) is 11.8 Å². The van der Waals surface area contributed by atoms with Gasteiger partial charge in [-0.1, -0.05) is 17.4 Å². The van der Waals surface area contributed by atoms with Gasteiger partial charge in [0.25, 0.3) is 5.56 Å². The van der Waals surface area contributed by atoms with E-state index in [4.69, 9.17) is 19.2 Å². The fourth-order valence-electron chi connectivity index (χ4n) is 5.41. The summed E-state index contributed by atoms with van der Waals surface area (Å²) in [6, 6.07) is 15.2. The van der Waals surface area contributed by atoms with E-state index in [-0.39, 0.29) is 12.2 Å². The predicted molar refractivity (Wildman–Crippen MR) is 177 cm³/mol. The Labute approximate surface area is 268 Å². The molecule has 0 saturated carbocycles. The zero-order valence-electron chi connectivity index (χ0n) is 25.1. The second-order valence-electron chi connectivity index (χ2n) is 10.0. The number of fused-ring (bicyclic) bond motifs is 1. The summed E-state index contributed by atoms with van der Waals surface area (Å²) in [5.74, 6) is 0.642. The molecule has 8 nitrogen and oxygen atoms in total. The minimum Gasteiger partial charge on any atom is -0.490 e. The number of nitrogens with zero attached hydrogens (tertiary/aromatic N) is 3.